The smallest absolute Gasteiger partial charge is 0.0783 e. The van der Waals surface area contributed by atoms with E-state index in [1.165, 1.54) is 5.75 Å². The van der Waals surface area contributed by atoms with Gasteiger partial charge in [0.1, 0.15) is 0 Å². The second kappa shape index (κ2) is 6.60. The fourth-order valence-corrected chi connectivity index (χ4v) is 4.39. The molecule has 3 nitrogen and oxygen atoms in total. The zero-order valence-electron chi connectivity index (χ0n) is 11.6. The van der Waals surface area contributed by atoms with Crippen molar-refractivity contribution >= 4 is 11.8 Å². The summed E-state index contributed by atoms with van der Waals surface area (Å²) in [5, 5.41) is 10.3. The number of hydrogen-bond donors (Lipinski definition) is 1. The van der Waals surface area contributed by atoms with Crippen LogP contribution in [-0.2, 0) is 9.47 Å². The second-order valence-corrected chi connectivity index (χ2v) is 6.88. The molecule has 0 aromatic heterocycles. The van der Waals surface area contributed by atoms with Crippen LogP contribution in [0.4, 0.5) is 0 Å². The predicted octanol–water partition coefficient (Wildman–Crippen LogP) is 2.46. The van der Waals surface area contributed by atoms with Crippen molar-refractivity contribution in [3.05, 3.63) is 0 Å². The monoisotopic (exact) mass is 274 g/mol. The molecule has 0 amide bonds. The largest absolute Gasteiger partial charge is 0.393 e. The molecule has 1 N–H and O–H groups in total. The van der Waals surface area contributed by atoms with E-state index in [2.05, 4.69) is 6.92 Å². The highest BCUT2D eigenvalue weighted by Gasteiger charge is 2.42. The van der Waals surface area contributed by atoms with E-state index < -0.39 is 0 Å². The van der Waals surface area contributed by atoms with Crippen molar-refractivity contribution in [1.29, 1.82) is 0 Å². The lowest BCUT2D eigenvalue weighted by Crippen LogP contribution is -2.43. The number of rotatable bonds is 5. The van der Waals surface area contributed by atoms with E-state index in [4.69, 9.17) is 9.47 Å². The van der Waals surface area contributed by atoms with Crippen molar-refractivity contribution in [2.45, 2.75) is 56.8 Å². The third-order valence-electron chi connectivity index (χ3n) is 4.41. The maximum atomic E-state index is 10.3. The molecule has 0 radical (unpaired) electrons. The molecular formula is C14H26O3S. The van der Waals surface area contributed by atoms with Gasteiger partial charge in [-0.1, -0.05) is 0 Å². The van der Waals surface area contributed by atoms with E-state index in [1.54, 1.807) is 7.11 Å². The molecule has 0 aromatic carbocycles. The summed E-state index contributed by atoms with van der Waals surface area (Å²) >= 11 is 1.99. The molecule has 0 saturated carbocycles. The van der Waals surface area contributed by atoms with Crippen molar-refractivity contribution in [3.8, 4) is 0 Å². The van der Waals surface area contributed by atoms with Gasteiger partial charge in [0.2, 0.25) is 0 Å². The van der Waals surface area contributed by atoms with E-state index in [-0.39, 0.29) is 17.8 Å². The molecule has 106 valence electrons. The Morgan fingerprint density at radius 3 is 3.00 bits per heavy atom. The molecule has 2 aliphatic heterocycles. The van der Waals surface area contributed by atoms with Gasteiger partial charge in [-0.25, -0.2) is 0 Å². The van der Waals surface area contributed by atoms with Gasteiger partial charge in [-0.2, -0.15) is 11.8 Å². The van der Waals surface area contributed by atoms with Crippen molar-refractivity contribution in [2.75, 3.05) is 25.2 Å². The van der Waals surface area contributed by atoms with Gasteiger partial charge in [0.15, 0.2) is 0 Å². The Labute approximate surface area is 115 Å². The molecule has 2 heterocycles. The van der Waals surface area contributed by atoms with Crippen molar-refractivity contribution in [2.24, 2.45) is 5.92 Å². The summed E-state index contributed by atoms with van der Waals surface area (Å²) < 4.78 is 11.2. The van der Waals surface area contributed by atoms with Gasteiger partial charge in [0, 0.05) is 19.5 Å². The molecule has 0 aliphatic carbocycles. The van der Waals surface area contributed by atoms with Crippen LogP contribution in [0, 0.1) is 5.92 Å². The minimum Gasteiger partial charge on any atom is -0.393 e. The lowest BCUT2D eigenvalue weighted by atomic mass is 9.81. The first-order chi connectivity index (χ1) is 8.65. The van der Waals surface area contributed by atoms with Gasteiger partial charge in [-0.05, 0) is 50.7 Å². The summed E-state index contributed by atoms with van der Waals surface area (Å²) in [7, 11) is 1.73. The first-order valence-corrected chi connectivity index (χ1v) is 8.23. The first kappa shape index (κ1) is 14.6. The molecule has 4 heteroatoms. The summed E-state index contributed by atoms with van der Waals surface area (Å²) in [4.78, 5) is 0. The number of thioether (sulfide) groups is 1. The van der Waals surface area contributed by atoms with Crippen LogP contribution < -0.4 is 0 Å². The molecule has 18 heavy (non-hydrogen) atoms. The Bertz CT molecular complexity index is 253. The third kappa shape index (κ3) is 3.62. The summed E-state index contributed by atoms with van der Waals surface area (Å²) in [6.07, 6.45) is 5.07. The maximum absolute atomic E-state index is 10.3. The lowest BCUT2D eigenvalue weighted by Gasteiger charge is -2.39. The van der Waals surface area contributed by atoms with Crippen LogP contribution in [0.1, 0.15) is 39.0 Å². The van der Waals surface area contributed by atoms with E-state index in [1.807, 2.05) is 11.8 Å². The molecule has 4 atom stereocenters. The van der Waals surface area contributed by atoms with Gasteiger partial charge in [0.25, 0.3) is 0 Å². The third-order valence-corrected chi connectivity index (χ3v) is 5.64. The van der Waals surface area contributed by atoms with Crippen LogP contribution in [0.25, 0.3) is 0 Å². The zero-order chi connectivity index (χ0) is 13.0. The molecular weight excluding hydrogens is 248 g/mol. The number of hydrogen-bond acceptors (Lipinski definition) is 4. The molecule has 2 fully saturated rings. The quantitative estimate of drug-likeness (QED) is 0.836. The minimum absolute atomic E-state index is 0.0848. The van der Waals surface area contributed by atoms with Crippen LogP contribution >= 0.6 is 11.8 Å². The van der Waals surface area contributed by atoms with Gasteiger partial charge in [-0.3, -0.25) is 0 Å². The summed E-state index contributed by atoms with van der Waals surface area (Å²) in [6.45, 7) is 2.88. The molecule has 2 rings (SSSR count). The van der Waals surface area contributed by atoms with Gasteiger partial charge in [-0.15, -0.1) is 0 Å². The Balaban J connectivity index is 1.80. The van der Waals surface area contributed by atoms with Gasteiger partial charge < -0.3 is 14.6 Å². The Morgan fingerprint density at radius 1 is 1.50 bits per heavy atom. The number of methoxy groups -OCH3 is 1. The normalized spacial score (nSPS) is 35.8. The fraction of sp³-hybridized carbons (Fsp3) is 1.00. The summed E-state index contributed by atoms with van der Waals surface area (Å²) in [5.41, 5.74) is 0.0848. The Kier molecular flexibility index (Phi) is 5.36. The van der Waals surface area contributed by atoms with Crippen molar-refractivity contribution in [3.63, 3.8) is 0 Å². The van der Waals surface area contributed by atoms with Crippen molar-refractivity contribution < 1.29 is 14.6 Å². The van der Waals surface area contributed by atoms with E-state index in [9.17, 15) is 5.11 Å². The standard InChI is InChI=1S/C14H26O3S/c1-11(16-2)3-4-13(15)12-5-7-17-14(9-12)6-8-18-10-14/h11-13,15H,3-10H2,1-2H3. The topological polar surface area (TPSA) is 38.7 Å². The molecule has 1 spiro atoms. The van der Waals surface area contributed by atoms with Crippen LogP contribution in [0.15, 0.2) is 0 Å². The highest BCUT2D eigenvalue weighted by atomic mass is 32.2. The minimum atomic E-state index is -0.186. The molecule has 0 aromatic rings. The molecule has 2 aliphatic rings. The average Bonchev–Trinajstić information content (AvgIpc) is 2.83. The van der Waals surface area contributed by atoms with Crippen LogP contribution in [0.3, 0.4) is 0 Å². The lowest BCUT2D eigenvalue weighted by molar-refractivity contribution is -0.103. The molecule has 2 saturated heterocycles. The van der Waals surface area contributed by atoms with Gasteiger partial charge in [0.05, 0.1) is 17.8 Å². The average molecular weight is 274 g/mol. The van der Waals surface area contributed by atoms with Crippen LogP contribution in [-0.4, -0.2) is 48.1 Å². The van der Waals surface area contributed by atoms with Gasteiger partial charge >= 0.3 is 0 Å². The van der Waals surface area contributed by atoms with Crippen molar-refractivity contribution in [1.82, 2.24) is 0 Å². The van der Waals surface area contributed by atoms with E-state index in [0.717, 1.165) is 44.5 Å². The second-order valence-electron chi connectivity index (χ2n) is 5.78. The Morgan fingerprint density at radius 2 is 2.33 bits per heavy atom. The maximum Gasteiger partial charge on any atom is 0.0783 e. The zero-order valence-corrected chi connectivity index (χ0v) is 12.4. The van der Waals surface area contributed by atoms with E-state index >= 15 is 0 Å². The fourth-order valence-electron chi connectivity index (χ4n) is 3.02. The number of aliphatic hydroxyl groups excluding tert-OH is 1. The summed E-state index contributed by atoms with van der Waals surface area (Å²) in [6, 6.07) is 0. The number of ether oxygens (including phenoxy) is 2. The predicted molar refractivity (Wildman–Crippen MR) is 75.1 cm³/mol. The number of aliphatic hydroxyl groups is 1. The van der Waals surface area contributed by atoms with Crippen LogP contribution in [0.2, 0.25) is 0 Å². The first-order valence-electron chi connectivity index (χ1n) is 7.08. The van der Waals surface area contributed by atoms with Crippen LogP contribution in [0.5, 0.6) is 0 Å². The highest BCUT2D eigenvalue weighted by Crippen LogP contribution is 2.41. The Hall–Kier alpha value is 0.230. The summed E-state index contributed by atoms with van der Waals surface area (Å²) in [5.74, 6) is 2.75. The molecule has 0 bridgehead atoms. The molecule has 4 unspecified atom stereocenters. The highest BCUT2D eigenvalue weighted by molar-refractivity contribution is 7.99. The van der Waals surface area contributed by atoms with E-state index in [0.29, 0.717) is 5.92 Å². The SMILES string of the molecule is COC(C)CCC(O)C1CCOC2(CCSC2)C1.